The molecule has 0 N–H and O–H groups in total. The summed E-state index contributed by atoms with van der Waals surface area (Å²) in [5.41, 5.74) is 0.562. The van der Waals surface area contributed by atoms with Gasteiger partial charge in [0.05, 0.1) is 12.1 Å². The number of hydrogen-bond donors (Lipinski definition) is 0. The van der Waals surface area contributed by atoms with Gasteiger partial charge in [0.25, 0.3) is 0 Å². The molecule has 1 aromatic rings. The van der Waals surface area contributed by atoms with Crippen LogP contribution in [0.15, 0.2) is 35.3 Å². The summed E-state index contributed by atoms with van der Waals surface area (Å²) in [6.45, 7) is 4.02. The van der Waals surface area contributed by atoms with Crippen molar-refractivity contribution in [3.8, 4) is 0 Å². The molecule has 0 saturated heterocycles. The highest BCUT2D eigenvalue weighted by atomic mass is 16.5. The highest BCUT2D eigenvalue weighted by molar-refractivity contribution is 5.89. The molecule has 68 valence electrons. The van der Waals surface area contributed by atoms with Crippen molar-refractivity contribution in [3.63, 3.8) is 0 Å². The molecule has 3 heteroatoms. The summed E-state index contributed by atoms with van der Waals surface area (Å²) in [4.78, 5) is 14.8. The van der Waals surface area contributed by atoms with E-state index in [9.17, 15) is 4.79 Å². The zero-order valence-corrected chi connectivity index (χ0v) is 7.27. The lowest BCUT2D eigenvalue weighted by Gasteiger charge is -2.01. The Morgan fingerprint density at radius 2 is 2.08 bits per heavy atom. The first-order chi connectivity index (χ1) is 6.34. The van der Waals surface area contributed by atoms with Crippen LogP contribution >= 0.6 is 0 Å². The number of carbonyl (C=O) groups excluding carboxylic acids is 1. The van der Waals surface area contributed by atoms with E-state index in [4.69, 9.17) is 4.74 Å². The van der Waals surface area contributed by atoms with Crippen LogP contribution in [0, 0.1) is 0 Å². The van der Waals surface area contributed by atoms with Crippen LogP contribution in [0.4, 0.5) is 0 Å². The lowest BCUT2D eigenvalue weighted by Crippen LogP contribution is -2.07. The molecule has 0 spiro atoms. The van der Waals surface area contributed by atoms with Crippen LogP contribution < -0.4 is 0 Å². The quantitative estimate of drug-likeness (QED) is 0.397. The second kappa shape index (κ2) is 5.09. The van der Waals surface area contributed by atoms with Gasteiger partial charge in [-0.25, -0.2) is 4.79 Å². The second-order valence-corrected chi connectivity index (χ2v) is 2.45. The Morgan fingerprint density at radius 3 is 2.69 bits per heavy atom. The maximum absolute atomic E-state index is 11.2. The van der Waals surface area contributed by atoms with E-state index in [0.29, 0.717) is 12.1 Å². The average molecular weight is 177 g/mol. The Hall–Kier alpha value is -1.64. The molecule has 1 rings (SSSR count). The van der Waals surface area contributed by atoms with Crippen LogP contribution in [-0.2, 0) is 4.74 Å². The van der Waals surface area contributed by atoms with Crippen molar-refractivity contribution in [1.82, 2.24) is 0 Å². The molecule has 1 aromatic carbocycles. The molecular formula is C10H11NO2. The molecule has 3 nitrogen and oxygen atoms in total. The lowest BCUT2D eigenvalue weighted by molar-refractivity contribution is 0.0517. The molecule has 0 aromatic heterocycles. The van der Waals surface area contributed by atoms with Crippen molar-refractivity contribution in [2.75, 3.05) is 13.2 Å². The van der Waals surface area contributed by atoms with Gasteiger partial charge in [-0.15, -0.1) is 0 Å². The largest absolute Gasteiger partial charge is 0.460 e. The normalized spacial score (nSPS) is 9.23. The Morgan fingerprint density at radius 1 is 1.38 bits per heavy atom. The number of rotatable bonds is 4. The first-order valence-electron chi connectivity index (χ1n) is 3.99. The van der Waals surface area contributed by atoms with Gasteiger partial charge in [0, 0.05) is 0 Å². The molecule has 0 radical (unpaired) electrons. The maximum Gasteiger partial charge on any atom is 0.338 e. The van der Waals surface area contributed by atoms with Gasteiger partial charge in [-0.3, -0.25) is 4.99 Å². The summed E-state index contributed by atoms with van der Waals surface area (Å²) >= 11 is 0. The minimum Gasteiger partial charge on any atom is -0.460 e. The minimum atomic E-state index is -0.316. The number of benzene rings is 1. The lowest BCUT2D eigenvalue weighted by atomic mass is 10.2. The van der Waals surface area contributed by atoms with E-state index < -0.39 is 0 Å². The molecule has 0 amide bonds. The molecule has 0 saturated carbocycles. The number of aliphatic imine (C=N–C) groups is 1. The highest BCUT2D eigenvalue weighted by Crippen LogP contribution is 2.00. The van der Waals surface area contributed by atoms with Crippen molar-refractivity contribution in [2.45, 2.75) is 0 Å². The monoisotopic (exact) mass is 177 g/mol. The SMILES string of the molecule is C=NCCOC(=O)c1ccccc1. The predicted octanol–water partition coefficient (Wildman–Crippen LogP) is 1.54. The van der Waals surface area contributed by atoms with E-state index >= 15 is 0 Å². The number of esters is 1. The van der Waals surface area contributed by atoms with Gasteiger partial charge < -0.3 is 4.74 Å². The van der Waals surface area contributed by atoms with Gasteiger partial charge in [0.1, 0.15) is 6.61 Å². The van der Waals surface area contributed by atoms with Crippen molar-refractivity contribution < 1.29 is 9.53 Å². The van der Waals surface area contributed by atoms with Crippen molar-refractivity contribution in [3.05, 3.63) is 35.9 Å². The summed E-state index contributed by atoms with van der Waals surface area (Å²) in [5.74, 6) is -0.316. The first kappa shape index (κ1) is 9.45. The van der Waals surface area contributed by atoms with Crippen molar-refractivity contribution >= 4 is 12.7 Å². The van der Waals surface area contributed by atoms with Crippen LogP contribution in [-0.4, -0.2) is 25.8 Å². The summed E-state index contributed by atoms with van der Waals surface area (Å²) < 4.78 is 4.90. The van der Waals surface area contributed by atoms with Crippen LogP contribution in [0.3, 0.4) is 0 Å². The first-order valence-corrected chi connectivity index (χ1v) is 3.99. The smallest absolute Gasteiger partial charge is 0.338 e. The van der Waals surface area contributed by atoms with E-state index in [1.165, 1.54) is 0 Å². The van der Waals surface area contributed by atoms with Gasteiger partial charge in [0.2, 0.25) is 0 Å². The molecule has 0 heterocycles. The van der Waals surface area contributed by atoms with E-state index in [1.807, 2.05) is 6.07 Å². The highest BCUT2D eigenvalue weighted by Gasteiger charge is 2.03. The molecule has 0 aliphatic carbocycles. The van der Waals surface area contributed by atoms with Crippen LogP contribution in [0.5, 0.6) is 0 Å². The fraction of sp³-hybridized carbons (Fsp3) is 0.200. The Bertz CT molecular complexity index is 282. The summed E-state index contributed by atoms with van der Waals surface area (Å²) in [6.07, 6.45) is 0. The zero-order valence-electron chi connectivity index (χ0n) is 7.27. The Kier molecular flexibility index (Phi) is 3.70. The molecule has 0 unspecified atom stereocenters. The number of hydrogen-bond acceptors (Lipinski definition) is 3. The number of nitrogens with zero attached hydrogens (tertiary/aromatic N) is 1. The number of carbonyl (C=O) groups is 1. The van der Waals surface area contributed by atoms with Gasteiger partial charge in [-0.2, -0.15) is 0 Å². The minimum absolute atomic E-state index is 0.289. The molecule has 0 fully saturated rings. The molecular weight excluding hydrogens is 166 g/mol. The van der Waals surface area contributed by atoms with Crippen molar-refractivity contribution in [1.29, 1.82) is 0 Å². The molecule has 0 aliphatic rings. The van der Waals surface area contributed by atoms with Crippen molar-refractivity contribution in [2.24, 2.45) is 4.99 Å². The van der Waals surface area contributed by atoms with E-state index in [-0.39, 0.29) is 12.6 Å². The molecule has 0 atom stereocenters. The van der Waals surface area contributed by atoms with Gasteiger partial charge in [0.15, 0.2) is 0 Å². The van der Waals surface area contributed by atoms with Crippen LogP contribution in [0.1, 0.15) is 10.4 Å². The zero-order chi connectivity index (χ0) is 9.52. The average Bonchev–Trinajstić information content (AvgIpc) is 2.19. The summed E-state index contributed by atoms with van der Waals surface area (Å²) in [6, 6.07) is 8.86. The van der Waals surface area contributed by atoms with Gasteiger partial charge in [-0.05, 0) is 18.9 Å². The maximum atomic E-state index is 11.2. The Balaban J connectivity index is 2.45. The molecule has 0 aliphatic heterocycles. The van der Waals surface area contributed by atoms with Crippen LogP contribution in [0.2, 0.25) is 0 Å². The van der Waals surface area contributed by atoms with E-state index in [0.717, 1.165) is 0 Å². The topological polar surface area (TPSA) is 38.7 Å². The summed E-state index contributed by atoms with van der Waals surface area (Å²) in [5, 5.41) is 0. The third-order valence-electron chi connectivity index (χ3n) is 1.49. The summed E-state index contributed by atoms with van der Waals surface area (Å²) in [7, 11) is 0. The van der Waals surface area contributed by atoms with Crippen LogP contribution in [0.25, 0.3) is 0 Å². The molecule has 13 heavy (non-hydrogen) atoms. The Labute approximate surface area is 77.1 Å². The predicted molar refractivity (Wildman–Crippen MR) is 51.1 cm³/mol. The molecule has 0 bridgehead atoms. The van der Waals surface area contributed by atoms with E-state index in [2.05, 4.69) is 11.7 Å². The fourth-order valence-electron chi connectivity index (χ4n) is 0.860. The number of ether oxygens (including phenoxy) is 1. The third kappa shape index (κ3) is 3.07. The third-order valence-corrected chi connectivity index (χ3v) is 1.49. The van der Waals surface area contributed by atoms with Gasteiger partial charge in [-0.1, -0.05) is 18.2 Å². The second-order valence-electron chi connectivity index (χ2n) is 2.45. The standard InChI is InChI=1S/C10H11NO2/c1-11-7-8-13-10(12)9-5-3-2-4-6-9/h2-6H,1,7-8H2. The fourth-order valence-corrected chi connectivity index (χ4v) is 0.860. The van der Waals surface area contributed by atoms with E-state index in [1.54, 1.807) is 24.3 Å². The van der Waals surface area contributed by atoms with Gasteiger partial charge >= 0.3 is 5.97 Å².